The van der Waals surface area contributed by atoms with E-state index in [1.807, 2.05) is 24.0 Å². The van der Waals surface area contributed by atoms with Gasteiger partial charge in [0.1, 0.15) is 5.69 Å². The lowest BCUT2D eigenvalue weighted by molar-refractivity contribution is 0.0581. The first-order chi connectivity index (χ1) is 10.2. The van der Waals surface area contributed by atoms with Crippen molar-refractivity contribution in [3.8, 4) is 0 Å². The third kappa shape index (κ3) is 3.44. The molecule has 1 amide bonds. The summed E-state index contributed by atoms with van der Waals surface area (Å²) < 4.78 is 7.51. The van der Waals surface area contributed by atoms with Gasteiger partial charge < -0.3 is 15.0 Å². The fourth-order valence-corrected chi connectivity index (χ4v) is 3.09. The van der Waals surface area contributed by atoms with Crippen LogP contribution in [0.15, 0.2) is 12.3 Å². The number of carbonyl (C=O) groups is 1. The Morgan fingerprint density at radius 2 is 2.43 bits per heavy atom. The van der Waals surface area contributed by atoms with Gasteiger partial charge in [-0.2, -0.15) is 5.10 Å². The number of nitrogens with one attached hydrogen (secondary N) is 1. The maximum atomic E-state index is 12.4. The van der Waals surface area contributed by atoms with E-state index >= 15 is 0 Å². The first-order valence-corrected chi connectivity index (χ1v) is 7.87. The molecule has 6 heteroatoms. The normalized spacial score (nSPS) is 26.0. The lowest BCUT2D eigenvalue weighted by atomic mass is 10.1. The summed E-state index contributed by atoms with van der Waals surface area (Å²) in [6.07, 6.45) is 6.52. The van der Waals surface area contributed by atoms with Crippen molar-refractivity contribution in [2.24, 2.45) is 0 Å². The molecule has 3 heterocycles. The predicted octanol–water partition coefficient (Wildman–Crippen LogP) is 1.06. The second-order valence-electron chi connectivity index (χ2n) is 6.00. The predicted molar refractivity (Wildman–Crippen MR) is 79.3 cm³/mol. The molecule has 0 saturated carbocycles. The summed E-state index contributed by atoms with van der Waals surface area (Å²) in [5.74, 6) is -0.0204. The number of ether oxygens (including phenoxy) is 1. The van der Waals surface area contributed by atoms with E-state index in [2.05, 4.69) is 10.4 Å². The van der Waals surface area contributed by atoms with E-state index in [1.165, 1.54) is 0 Å². The van der Waals surface area contributed by atoms with Gasteiger partial charge in [0.05, 0.1) is 12.1 Å². The van der Waals surface area contributed by atoms with E-state index in [-0.39, 0.29) is 12.0 Å². The summed E-state index contributed by atoms with van der Waals surface area (Å²) in [5.41, 5.74) is 0.529. The largest absolute Gasteiger partial charge is 0.376 e. The topological polar surface area (TPSA) is 59.4 Å². The molecule has 0 aromatic carbocycles. The maximum Gasteiger partial charge on any atom is 0.274 e. The summed E-state index contributed by atoms with van der Waals surface area (Å²) in [6.45, 7) is 3.47. The zero-order valence-electron chi connectivity index (χ0n) is 12.6. The molecule has 0 spiro atoms. The Kier molecular flexibility index (Phi) is 4.55. The molecule has 3 rings (SSSR count). The summed E-state index contributed by atoms with van der Waals surface area (Å²) in [4.78, 5) is 14.1. The van der Waals surface area contributed by atoms with Crippen molar-refractivity contribution in [1.82, 2.24) is 20.0 Å². The van der Waals surface area contributed by atoms with Gasteiger partial charge in [0.2, 0.25) is 0 Å². The molecule has 0 unspecified atom stereocenters. The van der Waals surface area contributed by atoms with Crippen molar-refractivity contribution in [3.05, 3.63) is 18.0 Å². The molecule has 0 radical (unpaired) electrons. The molecule has 6 nitrogen and oxygen atoms in total. The SMILES string of the molecule is CN(C[C@H]1CCCO1)C(=O)c1ccn([C@@H]2CCCNC2)n1. The molecule has 0 aliphatic carbocycles. The Balaban J connectivity index is 1.60. The van der Waals surface area contributed by atoms with Crippen molar-refractivity contribution in [1.29, 1.82) is 0 Å². The van der Waals surface area contributed by atoms with E-state index in [0.29, 0.717) is 18.3 Å². The van der Waals surface area contributed by atoms with Crippen LogP contribution in [0.5, 0.6) is 0 Å². The quantitative estimate of drug-likeness (QED) is 0.901. The zero-order chi connectivity index (χ0) is 14.7. The molecule has 1 N–H and O–H groups in total. The third-order valence-electron chi connectivity index (χ3n) is 4.32. The highest BCUT2D eigenvalue weighted by Crippen LogP contribution is 2.17. The van der Waals surface area contributed by atoms with Crippen LogP contribution >= 0.6 is 0 Å². The van der Waals surface area contributed by atoms with Gasteiger partial charge in [-0.05, 0) is 38.3 Å². The van der Waals surface area contributed by atoms with Crippen LogP contribution in [0.1, 0.15) is 42.2 Å². The van der Waals surface area contributed by atoms with E-state index in [9.17, 15) is 4.79 Å². The molecule has 21 heavy (non-hydrogen) atoms. The number of hydrogen-bond acceptors (Lipinski definition) is 4. The lowest BCUT2D eigenvalue weighted by Crippen LogP contribution is -2.35. The fourth-order valence-electron chi connectivity index (χ4n) is 3.09. The highest BCUT2D eigenvalue weighted by molar-refractivity contribution is 5.92. The minimum absolute atomic E-state index is 0.0204. The Bertz CT molecular complexity index is 476. The zero-order valence-corrected chi connectivity index (χ0v) is 12.6. The van der Waals surface area contributed by atoms with Crippen LogP contribution in [0.25, 0.3) is 0 Å². The number of amides is 1. The second kappa shape index (κ2) is 6.58. The monoisotopic (exact) mass is 292 g/mol. The Morgan fingerprint density at radius 3 is 3.14 bits per heavy atom. The van der Waals surface area contributed by atoms with Crippen LogP contribution in [0, 0.1) is 0 Å². The van der Waals surface area contributed by atoms with Crippen molar-refractivity contribution in [2.45, 2.75) is 37.8 Å². The molecular formula is C15H24N4O2. The van der Waals surface area contributed by atoms with Crippen molar-refractivity contribution in [2.75, 3.05) is 33.3 Å². The molecule has 116 valence electrons. The van der Waals surface area contributed by atoms with Gasteiger partial charge in [-0.15, -0.1) is 0 Å². The molecule has 1 aromatic rings. The highest BCUT2D eigenvalue weighted by atomic mass is 16.5. The van der Waals surface area contributed by atoms with Crippen molar-refractivity contribution in [3.63, 3.8) is 0 Å². The third-order valence-corrected chi connectivity index (χ3v) is 4.32. The van der Waals surface area contributed by atoms with Gasteiger partial charge in [-0.3, -0.25) is 9.48 Å². The standard InChI is InChI=1S/C15H24N4O2/c1-18(11-13-5-3-9-21-13)15(20)14-6-8-19(17-14)12-4-2-7-16-10-12/h6,8,12-13,16H,2-5,7,9-11H2,1H3/t12-,13-/m1/s1. The van der Waals surface area contributed by atoms with Crippen LogP contribution in [-0.2, 0) is 4.74 Å². The average molecular weight is 292 g/mol. The van der Waals surface area contributed by atoms with Crippen molar-refractivity contribution < 1.29 is 9.53 Å². The highest BCUT2D eigenvalue weighted by Gasteiger charge is 2.23. The number of nitrogens with zero attached hydrogens (tertiary/aromatic N) is 3. The van der Waals surface area contributed by atoms with E-state index in [4.69, 9.17) is 4.74 Å². The van der Waals surface area contributed by atoms with Gasteiger partial charge in [-0.1, -0.05) is 0 Å². The maximum absolute atomic E-state index is 12.4. The van der Waals surface area contributed by atoms with E-state index in [0.717, 1.165) is 45.4 Å². The van der Waals surface area contributed by atoms with Crippen LogP contribution < -0.4 is 5.32 Å². The molecule has 1 aromatic heterocycles. The Labute approximate surface area is 125 Å². The summed E-state index contributed by atoms with van der Waals surface area (Å²) in [6, 6.07) is 2.19. The average Bonchev–Trinajstić information content (AvgIpc) is 3.18. The number of carbonyl (C=O) groups excluding carboxylic acids is 1. The molecule has 2 fully saturated rings. The lowest BCUT2D eigenvalue weighted by Gasteiger charge is -2.23. The van der Waals surface area contributed by atoms with Crippen LogP contribution in [-0.4, -0.2) is 60.0 Å². The van der Waals surface area contributed by atoms with Crippen LogP contribution in [0.2, 0.25) is 0 Å². The number of aromatic nitrogens is 2. The van der Waals surface area contributed by atoms with Gasteiger partial charge in [0.25, 0.3) is 5.91 Å². The number of likely N-dealkylation sites (N-methyl/N-ethyl adjacent to an activating group) is 1. The Hall–Kier alpha value is -1.40. The van der Waals surface area contributed by atoms with Crippen LogP contribution in [0.4, 0.5) is 0 Å². The number of hydrogen-bond donors (Lipinski definition) is 1. The van der Waals surface area contributed by atoms with Crippen LogP contribution in [0.3, 0.4) is 0 Å². The molecule has 2 atom stereocenters. The van der Waals surface area contributed by atoms with E-state index in [1.54, 1.807) is 4.90 Å². The number of piperidine rings is 1. The number of rotatable bonds is 4. The smallest absolute Gasteiger partial charge is 0.274 e. The van der Waals surface area contributed by atoms with Gasteiger partial charge in [-0.25, -0.2) is 0 Å². The first-order valence-electron chi connectivity index (χ1n) is 7.87. The minimum atomic E-state index is -0.0204. The Morgan fingerprint density at radius 1 is 1.52 bits per heavy atom. The molecule has 2 saturated heterocycles. The first kappa shape index (κ1) is 14.5. The molecule has 2 aliphatic rings. The molecule has 0 bridgehead atoms. The van der Waals surface area contributed by atoms with Crippen molar-refractivity contribution >= 4 is 5.91 Å². The van der Waals surface area contributed by atoms with Gasteiger partial charge in [0, 0.05) is 32.9 Å². The second-order valence-corrected chi connectivity index (χ2v) is 6.00. The molecule has 2 aliphatic heterocycles. The summed E-state index contributed by atoms with van der Waals surface area (Å²) in [5, 5.41) is 7.84. The fraction of sp³-hybridized carbons (Fsp3) is 0.733. The van der Waals surface area contributed by atoms with Gasteiger partial charge >= 0.3 is 0 Å². The minimum Gasteiger partial charge on any atom is -0.376 e. The van der Waals surface area contributed by atoms with Gasteiger partial charge in [0.15, 0.2) is 0 Å². The summed E-state index contributed by atoms with van der Waals surface area (Å²) in [7, 11) is 1.82. The summed E-state index contributed by atoms with van der Waals surface area (Å²) >= 11 is 0. The molecular weight excluding hydrogens is 268 g/mol. The van der Waals surface area contributed by atoms with E-state index < -0.39 is 0 Å².